The van der Waals surface area contributed by atoms with Crippen molar-refractivity contribution in [2.45, 2.75) is 26.7 Å². The Hall–Kier alpha value is -0.790. The minimum absolute atomic E-state index is 0.996. The summed E-state index contributed by atoms with van der Waals surface area (Å²) >= 11 is 0. The lowest BCUT2D eigenvalue weighted by Crippen LogP contribution is -2.10. The molecule has 0 aromatic carbocycles. The van der Waals surface area contributed by atoms with Gasteiger partial charge in [-0.3, -0.25) is 4.99 Å². The number of hydrogen-bond acceptors (Lipinski definition) is 2. The topological polar surface area (TPSA) is 24.4 Å². The Morgan fingerprint density at radius 3 is 3.09 bits per heavy atom. The van der Waals surface area contributed by atoms with E-state index in [1.165, 1.54) is 17.8 Å². The van der Waals surface area contributed by atoms with Crippen LogP contribution in [-0.4, -0.2) is 18.8 Å². The van der Waals surface area contributed by atoms with Gasteiger partial charge in [-0.15, -0.1) is 0 Å². The minimum Gasteiger partial charge on any atom is -0.389 e. The third kappa shape index (κ3) is 2.74. The molecule has 1 heterocycles. The van der Waals surface area contributed by atoms with Crippen LogP contribution >= 0.6 is 0 Å². The van der Waals surface area contributed by atoms with Crippen LogP contribution in [-0.2, 0) is 0 Å². The molecule has 0 saturated carbocycles. The molecular formula is C9H16N2. The van der Waals surface area contributed by atoms with Crippen LogP contribution in [0.2, 0.25) is 0 Å². The summed E-state index contributed by atoms with van der Waals surface area (Å²) in [6.07, 6.45) is 4.53. The first kappa shape index (κ1) is 8.31. The van der Waals surface area contributed by atoms with Gasteiger partial charge in [0.2, 0.25) is 0 Å². The summed E-state index contributed by atoms with van der Waals surface area (Å²) in [6.45, 7) is 6.21. The van der Waals surface area contributed by atoms with Gasteiger partial charge in [0.05, 0.1) is 0 Å². The molecule has 2 heteroatoms. The van der Waals surface area contributed by atoms with E-state index in [0.717, 1.165) is 19.5 Å². The number of aliphatic imine (C=N–C) groups is 1. The standard InChI is InChI=1S/C9H16N2/c1-3-10-8(2)7-9-5-4-6-11-9/h7,10H,3-6H2,1-2H3. The van der Waals surface area contributed by atoms with E-state index in [4.69, 9.17) is 0 Å². The summed E-state index contributed by atoms with van der Waals surface area (Å²) < 4.78 is 0. The summed E-state index contributed by atoms with van der Waals surface area (Å²) in [5.41, 5.74) is 2.48. The summed E-state index contributed by atoms with van der Waals surface area (Å²) in [5.74, 6) is 0. The molecule has 0 atom stereocenters. The molecule has 0 fully saturated rings. The van der Waals surface area contributed by atoms with Gasteiger partial charge in [-0.05, 0) is 32.8 Å². The van der Waals surface area contributed by atoms with Gasteiger partial charge in [-0.1, -0.05) is 0 Å². The highest BCUT2D eigenvalue weighted by atomic mass is 14.9. The summed E-state index contributed by atoms with van der Waals surface area (Å²) in [5, 5.41) is 3.25. The van der Waals surface area contributed by atoms with Crippen LogP contribution in [0.3, 0.4) is 0 Å². The van der Waals surface area contributed by atoms with E-state index in [-0.39, 0.29) is 0 Å². The Kier molecular flexibility index (Phi) is 3.14. The highest BCUT2D eigenvalue weighted by Gasteiger charge is 2.02. The average molecular weight is 152 g/mol. The van der Waals surface area contributed by atoms with E-state index in [1.54, 1.807) is 0 Å². The van der Waals surface area contributed by atoms with Crippen LogP contribution in [0.1, 0.15) is 26.7 Å². The smallest absolute Gasteiger partial charge is 0.0396 e. The lowest BCUT2D eigenvalue weighted by molar-refractivity contribution is 0.855. The van der Waals surface area contributed by atoms with Crippen molar-refractivity contribution in [3.8, 4) is 0 Å². The fourth-order valence-corrected chi connectivity index (χ4v) is 1.26. The molecule has 0 aromatic heterocycles. The first-order valence-electron chi connectivity index (χ1n) is 4.28. The van der Waals surface area contributed by atoms with Gasteiger partial charge in [0.15, 0.2) is 0 Å². The molecule has 0 amide bonds. The minimum atomic E-state index is 0.996. The molecule has 0 aliphatic carbocycles. The average Bonchev–Trinajstić information content (AvgIpc) is 2.40. The van der Waals surface area contributed by atoms with Gasteiger partial charge in [0, 0.05) is 24.5 Å². The summed E-state index contributed by atoms with van der Waals surface area (Å²) in [4.78, 5) is 4.36. The zero-order valence-electron chi connectivity index (χ0n) is 7.35. The Balaban J connectivity index is 2.42. The monoisotopic (exact) mass is 152 g/mol. The third-order valence-corrected chi connectivity index (χ3v) is 1.74. The third-order valence-electron chi connectivity index (χ3n) is 1.74. The molecule has 1 aliphatic rings. The maximum absolute atomic E-state index is 4.36. The van der Waals surface area contributed by atoms with Crippen LogP contribution in [0.5, 0.6) is 0 Å². The molecule has 2 nitrogen and oxygen atoms in total. The highest BCUT2D eigenvalue weighted by molar-refractivity contribution is 5.96. The molecule has 0 bridgehead atoms. The zero-order valence-corrected chi connectivity index (χ0v) is 7.35. The normalized spacial score (nSPS) is 18.4. The van der Waals surface area contributed by atoms with Crippen LogP contribution in [0.4, 0.5) is 0 Å². The maximum Gasteiger partial charge on any atom is 0.0396 e. The molecule has 62 valence electrons. The lowest BCUT2D eigenvalue weighted by atomic mass is 10.2. The number of allylic oxidation sites excluding steroid dienone is 2. The number of nitrogens with zero attached hydrogens (tertiary/aromatic N) is 1. The second-order valence-corrected chi connectivity index (χ2v) is 2.83. The van der Waals surface area contributed by atoms with Crippen LogP contribution in [0.15, 0.2) is 16.8 Å². The first-order chi connectivity index (χ1) is 5.33. The van der Waals surface area contributed by atoms with Crippen LogP contribution in [0.25, 0.3) is 0 Å². The Morgan fingerprint density at radius 1 is 1.73 bits per heavy atom. The van der Waals surface area contributed by atoms with E-state index in [0.29, 0.717) is 0 Å². The molecule has 0 spiro atoms. The van der Waals surface area contributed by atoms with Crippen molar-refractivity contribution in [2.24, 2.45) is 4.99 Å². The van der Waals surface area contributed by atoms with Gasteiger partial charge >= 0.3 is 0 Å². The van der Waals surface area contributed by atoms with Gasteiger partial charge < -0.3 is 5.32 Å². The van der Waals surface area contributed by atoms with Crippen molar-refractivity contribution in [3.05, 3.63) is 11.8 Å². The maximum atomic E-state index is 4.36. The van der Waals surface area contributed by atoms with Crippen molar-refractivity contribution >= 4 is 5.71 Å². The van der Waals surface area contributed by atoms with E-state index in [2.05, 4.69) is 30.2 Å². The molecule has 1 N–H and O–H groups in total. The van der Waals surface area contributed by atoms with E-state index >= 15 is 0 Å². The van der Waals surface area contributed by atoms with Gasteiger partial charge in [-0.2, -0.15) is 0 Å². The van der Waals surface area contributed by atoms with E-state index in [1.807, 2.05) is 0 Å². The number of rotatable bonds is 3. The van der Waals surface area contributed by atoms with Crippen molar-refractivity contribution in [2.75, 3.05) is 13.1 Å². The molecule has 11 heavy (non-hydrogen) atoms. The second kappa shape index (κ2) is 4.16. The number of hydrogen-bond donors (Lipinski definition) is 1. The second-order valence-electron chi connectivity index (χ2n) is 2.83. The van der Waals surface area contributed by atoms with E-state index in [9.17, 15) is 0 Å². The van der Waals surface area contributed by atoms with E-state index < -0.39 is 0 Å². The fraction of sp³-hybridized carbons (Fsp3) is 0.667. The Bertz CT molecular complexity index is 180. The SMILES string of the molecule is CCNC(C)=CC1=NCCC1. The van der Waals surface area contributed by atoms with Crippen molar-refractivity contribution in [1.29, 1.82) is 0 Å². The Morgan fingerprint density at radius 2 is 2.55 bits per heavy atom. The highest BCUT2D eigenvalue weighted by Crippen LogP contribution is 2.05. The molecule has 1 rings (SSSR count). The van der Waals surface area contributed by atoms with Crippen LogP contribution < -0.4 is 5.32 Å². The summed E-state index contributed by atoms with van der Waals surface area (Å²) in [7, 11) is 0. The van der Waals surface area contributed by atoms with Crippen molar-refractivity contribution < 1.29 is 0 Å². The fourth-order valence-electron chi connectivity index (χ4n) is 1.26. The molecule has 0 saturated heterocycles. The predicted molar refractivity (Wildman–Crippen MR) is 49.0 cm³/mol. The van der Waals surface area contributed by atoms with Crippen molar-refractivity contribution in [1.82, 2.24) is 5.32 Å². The quantitative estimate of drug-likeness (QED) is 0.654. The molecular weight excluding hydrogens is 136 g/mol. The van der Waals surface area contributed by atoms with Gasteiger partial charge in [0.25, 0.3) is 0 Å². The first-order valence-corrected chi connectivity index (χ1v) is 4.28. The lowest BCUT2D eigenvalue weighted by Gasteiger charge is -2.01. The largest absolute Gasteiger partial charge is 0.389 e. The van der Waals surface area contributed by atoms with Gasteiger partial charge in [-0.25, -0.2) is 0 Å². The molecule has 1 aliphatic heterocycles. The Labute approximate surface area is 68.4 Å². The molecule has 0 unspecified atom stereocenters. The van der Waals surface area contributed by atoms with Crippen molar-refractivity contribution in [3.63, 3.8) is 0 Å². The molecule has 0 aromatic rings. The van der Waals surface area contributed by atoms with Crippen LogP contribution in [0, 0.1) is 0 Å². The zero-order chi connectivity index (χ0) is 8.10. The number of nitrogens with one attached hydrogen (secondary N) is 1. The summed E-state index contributed by atoms with van der Waals surface area (Å²) in [6, 6.07) is 0. The predicted octanol–water partition coefficient (Wildman–Crippen LogP) is 1.73. The molecule has 0 radical (unpaired) electrons. The van der Waals surface area contributed by atoms with Gasteiger partial charge in [0.1, 0.15) is 0 Å².